The molecule has 0 bridgehead atoms. The van der Waals surface area contributed by atoms with E-state index in [9.17, 15) is 4.79 Å². The van der Waals surface area contributed by atoms with Crippen molar-refractivity contribution in [2.45, 2.75) is 6.92 Å². The third-order valence-electron chi connectivity index (χ3n) is 3.17. The van der Waals surface area contributed by atoms with E-state index < -0.39 is 0 Å². The van der Waals surface area contributed by atoms with Crippen LogP contribution in [0, 0.1) is 6.92 Å². The number of halogens is 1. The van der Waals surface area contributed by atoms with Crippen molar-refractivity contribution in [2.75, 3.05) is 5.32 Å². The first-order valence-corrected chi connectivity index (χ1v) is 7.34. The van der Waals surface area contributed by atoms with Crippen LogP contribution in [0.1, 0.15) is 15.9 Å². The zero-order valence-corrected chi connectivity index (χ0v) is 13.3. The van der Waals surface area contributed by atoms with Gasteiger partial charge < -0.3 is 5.32 Å². The summed E-state index contributed by atoms with van der Waals surface area (Å²) in [6.45, 7) is 1.96. The molecule has 0 unspecified atom stereocenters. The van der Waals surface area contributed by atoms with Gasteiger partial charge in [0.15, 0.2) is 0 Å². The number of amides is 1. The highest BCUT2D eigenvalue weighted by Gasteiger charge is 2.09. The minimum atomic E-state index is -0.168. The molecule has 2 aromatic carbocycles. The summed E-state index contributed by atoms with van der Waals surface area (Å²) in [5.74, 6) is -0.168. The van der Waals surface area contributed by atoms with Crippen LogP contribution in [0.3, 0.4) is 0 Å². The fourth-order valence-corrected chi connectivity index (χ4v) is 2.27. The topological polar surface area (TPSA) is 72.7 Å². The maximum absolute atomic E-state index is 12.2. The first-order chi connectivity index (χ1) is 10.6. The SMILES string of the molecule is Cc1ccc(NC(=O)c2ccc(Br)cc2)cc1-n1cnnn1. The highest BCUT2D eigenvalue weighted by Crippen LogP contribution is 2.19. The maximum Gasteiger partial charge on any atom is 0.255 e. The van der Waals surface area contributed by atoms with E-state index in [4.69, 9.17) is 0 Å². The van der Waals surface area contributed by atoms with E-state index in [1.165, 1.54) is 6.33 Å². The molecule has 3 aromatic rings. The molecule has 110 valence electrons. The molecule has 6 nitrogen and oxygen atoms in total. The second-order valence-corrected chi connectivity index (χ2v) is 5.63. The van der Waals surface area contributed by atoms with Crippen LogP contribution in [0.2, 0.25) is 0 Å². The molecule has 0 saturated carbocycles. The lowest BCUT2D eigenvalue weighted by Gasteiger charge is -2.09. The van der Waals surface area contributed by atoms with Gasteiger partial charge in [-0.3, -0.25) is 4.79 Å². The zero-order valence-electron chi connectivity index (χ0n) is 11.7. The molecular weight excluding hydrogens is 346 g/mol. The van der Waals surface area contributed by atoms with Crippen molar-refractivity contribution < 1.29 is 4.79 Å². The van der Waals surface area contributed by atoms with Crippen LogP contribution in [-0.2, 0) is 0 Å². The van der Waals surface area contributed by atoms with Crippen LogP contribution < -0.4 is 5.32 Å². The van der Waals surface area contributed by atoms with E-state index in [1.54, 1.807) is 16.8 Å². The van der Waals surface area contributed by atoms with Crippen LogP contribution in [0.5, 0.6) is 0 Å². The molecule has 0 aliphatic heterocycles. The van der Waals surface area contributed by atoms with Gasteiger partial charge in [-0.05, 0) is 59.3 Å². The van der Waals surface area contributed by atoms with Gasteiger partial charge in [0.1, 0.15) is 6.33 Å². The van der Waals surface area contributed by atoms with Gasteiger partial charge in [0.2, 0.25) is 0 Å². The van der Waals surface area contributed by atoms with Crippen molar-refractivity contribution in [3.05, 3.63) is 64.4 Å². The zero-order chi connectivity index (χ0) is 15.5. The highest BCUT2D eigenvalue weighted by atomic mass is 79.9. The molecule has 0 atom stereocenters. The van der Waals surface area contributed by atoms with E-state index in [-0.39, 0.29) is 5.91 Å². The third-order valence-corrected chi connectivity index (χ3v) is 3.70. The van der Waals surface area contributed by atoms with Gasteiger partial charge in [0.25, 0.3) is 5.91 Å². The molecule has 0 spiro atoms. The molecule has 3 rings (SSSR count). The van der Waals surface area contributed by atoms with Crippen molar-refractivity contribution in [1.29, 1.82) is 0 Å². The molecule has 0 aliphatic carbocycles. The maximum atomic E-state index is 12.2. The van der Waals surface area contributed by atoms with E-state index >= 15 is 0 Å². The van der Waals surface area contributed by atoms with Crippen LogP contribution in [0.4, 0.5) is 5.69 Å². The van der Waals surface area contributed by atoms with Crippen LogP contribution in [0.25, 0.3) is 5.69 Å². The first-order valence-electron chi connectivity index (χ1n) is 6.54. The highest BCUT2D eigenvalue weighted by molar-refractivity contribution is 9.10. The van der Waals surface area contributed by atoms with Crippen molar-refractivity contribution >= 4 is 27.5 Å². The predicted molar refractivity (Wildman–Crippen MR) is 86.0 cm³/mol. The van der Waals surface area contributed by atoms with Gasteiger partial charge in [-0.25, -0.2) is 4.68 Å². The Morgan fingerprint density at radius 1 is 1.18 bits per heavy atom. The smallest absolute Gasteiger partial charge is 0.255 e. The Bertz CT molecular complexity index is 799. The predicted octanol–water partition coefficient (Wildman–Crippen LogP) is 2.99. The fourth-order valence-electron chi connectivity index (χ4n) is 2.01. The van der Waals surface area contributed by atoms with Crippen LogP contribution >= 0.6 is 15.9 Å². The second kappa shape index (κ2) is 6.07. The summed E-state index contributed by atoms with van der Waals surface area (Å²) in [6.07, 6.45) is 1.52. The minimum Gasteiger partial charge on any atom is -0.322 e. The van der Waals surface area contributed by atoms with Gasteiger partial charge in [-0.15, -0.1) is 5.10 Å². The number of nitrogens with one attached hydrogen (secondary N) is 1. The third kappa shape index (κ3) is 3.04. The lowest BCUT2D eigenvalue weighted by Crippen LogP contribution is -2.12. The molecule has 22 heavy (non-hydrogen) atoms. The number of aromatic nitrogens is 4. The monoisotopic (exact) mass is 357 g/mol. The number of nitrogens with zero attached hydrogens (tertiary/aromatic N) is 4. The van der Waals surface area contributed by atoms with E-state index in [1.807, 2.05) is 37.3 Å². The Morgan fingerprint density at radius 3 is 2.64 bits per heavy atom. The minimum absolute atomic E-state index is 0.168. The van der Waals surface area contributed by atoms with E-state index in [0.29, 0.717) is 11.3 Å². The Balaban J connectivity index is 1.85. The Labute approximate surface area is 135 Å². The number of aryl methyl sites for hydroxylation is 1. The van der Waals surface area contributed by atoms with Crippen LogP contribution in [0.15, 0.2) is 53.3 Å². The number of rotatable bonds is 3. The van der Waals surface area contributed by atoms with Gasteiger partial charge >= 0.3 is 0 Å². The summed E-state index contributed by atoms with van der Waals surface area (Å²) in [4.78, 5) is 12.2. The molecular formula is C15H12BrN5O. The fraction of sp³-hybridized carbons (Fsp3) is 0.0667. The lowest BCUT2D eigenvalue weighted by molar-refractivity contribution is 0.102. The van der Waals surface area contributed by atoms with Gasteiger partial charge in [0, 0.05) is 15.7 Å². The molecule has 1 N–H and O–H groups in total. The second-order valence-electron chi connectivity index (χ2n) is 4.72. The molecule has 1 amide bonds. The number of benzene rings is 2. The van der Waals surface area contributed by atoms with E-state index in [2.05, 4.69) is 36.8 Å². The molecule has 0 saturated heterocycles. The largest absolute Gasteiger partial charge is 0.322 e. The van der Waals surface area contributed by atoms with Crippen molar-refractivity contribution in [3.63, 3.8) is 0 Å². The number of hydrogen-bond donors (Lipinski definition) is 1. The normalized spacial score (nSPS) is 10.5. The standard InChI is InChI=1S/C15H12BrN5O/c1-10-2-7-13(8-14(10)21-9-17-19-20-21)18-15(22)11-3-5-12(16)6-4-11/h2-9H,1H3,(H,18,22). The number of anilines is 1. The van der Waals surface area contributed by atoms with Crippen LogP contribution in [-0.4, -0.2) is 26.1 Å². The molecule has 0 fully saturated rings. The molecule has 0 radical (unpaired) electrons. The molecule has 1 aromatic heterocycles. The number of carbonyl (C=O) groups excluding carboxylic acids is 1. The summed E-state index contributed by atoms with van der Waals surface area (Å²) in [5, 5.41) is 14.0. The van der Waals surface area contributed by atoms with Gasteiger partial charge in [-0.1, -0.05) is 22.0 Å². The molecule has 1 heterocycles. The number of carbonyl (C=O) groups is 1. The van der Waals surface area contributed by atoms with Crippen molar-refractivity contribution in [2.24, 2.45) is 0 Å². The lowest BCUT2D eigenvalue weighted by atomic mass is 10.1. The van der Waals surface area contributed by atoms with Crippen molar-refractivity contribution in [3.8, 4) is 5.69 Å². The summed E-state index contributed by atoms with van der Waals surface area (Å²) in [5.41, 5.74) is 3.10. The first kappa shape index (κ1) is 14.4. The number of hydrogen-bond acceptors (Lipinski definition) is 4. The Kier molecular flexibility index (Phi) is 3.97. The quantitative estimate of drug-likeness (QED) is 0.781. The average Bonchev–Trinajstić information content (AvgIpc) is 3.04. The average molecular weight is 358 g/mol. The van der Waals surface area contributed by atoms with Gasteiger partial charge in [-0.2, -0.15) is 0 Å². The number of tetrazole rings is 1. The summed E-state index contributed by atoms with van der Waals surface area (Å²) >= 11 is 3.35. The Morgan fingerprint density at radius 2 is 1.95 bits per heavy atom. The van der Waals surface area contributed by atoms with Gasteiger partial charge in [0.05, 0.1) is 5.69 Å². The molecule has 7 heteroatoms. The molecule has 0 aliphatic rings. The summed E-state index contributed by atoms with van der Waals surface area (Å²) in [7, 11) is 0. The Hall–Kier alpha value is -2.54. The summed E-state index contributed by atoms with van der Waals surface area (Å²) in [6, 6.07) is 12.8. The summed E-state index contributed by atoms with van der Waals surface area (Å²) < 4.78 is 2.49. The van der Waals surface area contributed by atoms with Crippen molar-refractivity contribution in [1.82, 2.24) is 20.2 Å². The van der Waals surface area contributed by atoms with E-state index in [0.717, 1.165) is 15.7 Å².